The summed E-state index contributed by atoms with van der Waals surface area (Å²) in [6.07, 6.45) is 2.09. The Morgan fingerprint density at radius 1 is 1.50 bits per heavy atom. The van der Waals surface area contributed by atoms with Crippen LogP contribution in [0, 0.1) is 3.57 Å². The Morgan fingerprint density at radius 3 is 2.70 bits per heavy atom. The van der Waals surface area contributed by atoms with Crippen molar-refractivity contribution in [2.45, 2.75) is 4.90 Å². The average molecular weight is 329 g/mol. The van der Waals surface area contributed by atoms with E-state index in [-0.39, 0.29) is 0 Å². The van der Waals surface area contributed by atoms with Crippen LogP contribution >= 0.6 is 50.3 Å². The van der Waals surface area contributed by atoms with Crippen LogP contribution in [-0.4, -0.2) is 6.26 Å². The van der Waals surface area contributed by atoms with Gasteiger partial charge in [0.15, 0.2) is 0 Å². The fraction of sp³-hybridized carbons (Fsp3) is 0.143. The quantitative estimate of drug-likeness (QED) is 0.558. The van der Waals surface area contributed by atoms with Gasteiger partial charge in [-0.3, -0.25) is 0 Å². The fourth-order valence-corrected chi connectivity index (χ4v) is 3.06. The zero-order chi connectivity index (χ0) is 7.56. The Hall–Kier alpha value is 0.780. The maximum absolute atomic E-state index is 3.41. The molecule has 0 aliphatic carbocycles. The Labute approximate surface area is 87.0 Å². The highest BCUT2D eigenvalue weighted by Gasteiger charge is 1.96. The molecule has 54 valence electrons. The number of halogens is 2. The van der Waals surface area contributed by atoms with E-state index in [0.29, 0.717) is 0 Å². The van der Waals surface area contributed by atoms with E-state index >= 15 is 0 Å². The third kappa shape index (κ3) is 2.13. The minimum Gasteiger partial charge on any atom is -0.128 e. The van der Waals surface area contributed by atoms with Gasteiger partial charge < -0.3 is 0 Å². The van der Waals surface area contributed by atoms with Crippen LogP contribution in [0.25, 0.3) is 0 Å². The highest BCUT2D eigenvalue weighted by atomic mass is 127. The van der Waals surface area contributed by atoms with E-state index in [2.05, 4.69) is 63.0 Å². The summed E-state index contributed by atoms with van der Waals surface area (Å²) in [6, 6.07) is 6.30. The van der Waals surface area contributed by atoms with E-state index in [1.165, 1.54) is 8.47 Å². The molecule has 0 saturated heterocycles. The second kappa shape index (κ2) is 3.97. The lowest BCUT2D eigenvalue weighted by molar-refractivity contribution is 1.39. The first-order valence-corrected chi connectivity index (χ1v) is 5.82. The monoisotopic (exact) mass is 328 g/mol. The molecule has 0 saturated carbocycles. The van der Waals surface area contributed by atoms with Gasteiger partial charge in [0.1, 0.15) is 0 Å². The third-order valence-electron chi connectivity index (χ3n) is 1.11. The Morgan fingerprint density at radius 2 is 2.20 bits per heavy atom. The second-order valence-electron chi connectivity index (χ2n) is 1.78. The minimum absolute atomic E-state index is 1.15. The largest absolute Gasteiger partial charge is 0.128 e. The molecule has 1 aromatic carbocycles. The maximum atomic E-state index is 3.41. The molecule has 0 atom stereocenters. The Balaban J connectivity index is 3.07. The van der Waals surface area contributed by atoms with Crippen LogP contribution in [0.1, 0.15) is 0 Å². The first kappa shape index (κ1) is 8.87. The molecule has 10 heavy (non-hydrogen) atoms. The van der Waals surface area contributed by atoms with Crippen molar-refractivity contribution in [3.8, 4) is 0 Å². The zero-order valence-electron chi connectivity index (χ0n) is 5.40. The summed E-state index contributed by atoms with van der Waals surface area (Å²) < 4.78 is 2.45. The summed E-state index contributed by atoms with van der Waals surface area (Å²) in [7, 11) is 0. The number of thioether (sulfide) groups is 1. The molecular formula is C7H6BrIS. The minimum atomic E-state index is 1.15. The molecule has 0 aliphatic heterocycles. The van der Waals surface area contributed by atoms with Crippen molar-refractivity contribution < 1.29 is 0 Å². The van der Waals surface area contributed by atoms with Gasteiger partial charge in [-0.2, -0.15) is 0 Å². The SMILES string of the molecule is CSc1ccc(Br)cc1I. The summed E-state index contributed by atoms with van der Waals surface area (Å²) in [5.41, 5.74) is 0. The topological polar surface area (TPSA) is 0 Å². The molecule has 0 aromatic heterocycles. The predicted octanol–water partition coefficient (Wildman–Crippen LogP) is 3.78. The van der Waals surface area contributed by atoms with Crippen LogP contribution in [0.3, 0.4) is 0 Å². The third-order valence-corrected chi connectivity index (χ3v) is 3.66. The van der Waals surface area contributed by atoms with E-state index in [9.17, 15) is 0 Å². The van der Waals surface area contributed by atoms with Crippen LogP contribution in [0.15, 0.2) is 27.6 Å². The zero-order valence-corrected chi connectivity index (χ0v) is 9.96. The summed E-state index contributed by atoms with van der Waals surface area (Å²) in [5, 5.41) is 0. The standard InChI is InChI=1S/C7H6BrIS/c1-10-7-3-2-5(8)4-6(7)9/h2-4H,1H3. The molecule has 0 aliphatic rings. The molecule has 0 heterocycles. The van der Waals surface area contributed by atoms with Gasteiger partial charge in [0, 0.05) is 12.9 Å². The summed E-state index contributed by atoms with van der Waals surface area (Å²) in [5.74, 6) is 0. The van der Waals surface area contributed by atoms with Crippen molar-refractivity contribution in [1.82, 2.24) is 0 Å². The highest BCUT2D eigenvalue weighted by Crippen LogP contribution is 2.24. The van der Waals surface area contributed by atoms with Gasteiger partial charge >= 0.3 is 0 Å². The molecule has 1 aromatic rings. The molecule has 0 spiro atoms. The molecule has 0 bridgehead atoms. The lowest BCUT2D eigenvalue weighted by Gasteiger charge is -1.99. The van der Waals surface area contributed by atoms with E-state index in [1.807, 2.05) is 0 Å². The molecule has 0 nitrogen and oxygen atoms in total. The summed E-state index contributed by atoms with van der Waals surface area (Å²) >= 11 is 7.52. The van der Waals surface area contributed by atoms with Gasteiger partial charge in [0.25, 0.3) is 0 Å². The van der Waals surface area contributed by atoms with E-state index < -0.39 is 0 Å². The number of rotatable bonds is 1. The van der Waals surface area contributed by atoms with Gasteiger partial charge in [0.05, 0.1) is 0 Å². The Bertz CT molecular complexity index is 237. The van der Waals surface area contributed by atoms with E-state index in [1.54, 1.807) is 11.8 Å². The Kier molecular flexibility index (Phi) is 3.52. The van der Waals surface area contributed by atoms with Gasteiger partial charge in [0.2, 0.25) is 0 Å². The second-order valence-corrected chi connectivity index (χ2v) is 4.70. The molecular weight excluding hydrogens is 323 g/mol. The van der Waals surface area contributed by atoms with Gasteiger partial charge in [-0.05, 0) is 47.0 Å². The van der Waals surface area contributed by atoms with Crippen molar-refractivity contribution in [3.05, 3.63) is 26.2 Å². The number of hydrogen-bond acceptors (Lipinski definition) is 1. The smallest absolute Gasteiger partial charge is 0.0277 e. The molecule has 0 radical (unpaired) electrons. The van der Waals surface area contributed by atoms with Gasteiger partial charge in [-0.1, -0.05) is 15.9 Å². The first-order valence-electron chi connectivity index (χ1n) is 2.73. The number of benzene rings is 1. The van der Waals surface area contributed by atoms with Crippen molar-refractivity contribution >= 4 is 50.3 Å². The summed E-state index contributed by atoms with van der Waals surface area (Å²) in [4.78, 5) is 1.34. The predicted molar refractivity (Wildman–Crippen MR) is 58.6 cm³/mol. The van der Waals surface area contributed by atoms with Crippen LogP contribution in [-0.2, 0) is 0 Å². The van der Waals surface area contributed by atoms with Gasteiger partial charge in [-0.15, -0.1) is 11.8 Å². The lowest BCUT2D eigenvalue weighted by atomic mass is 10.4. The first-order chi connectivity index (χ1) is 4.74. The van der Waals surface area contributed by atoms with Crippen molar-refractivity contribution in [3.63, 3.8) is 0 Å². The maximum Gasteiger partial charge on any atom is 0.0277 e. The lowest BCUT2D eigenvalue weighted by Crippen LogP contribution is -1.76. The van der Waals surface area contributed by atoms with Crippen LogP contribution in [0.2, 0.25) is 0 Å². The molecule has 1 rings (SSSR count). The van der Waals surface area contributed by atoms with Gasteiger partial charge in [-0.25, -0.2) is 0 Å². The van der Waals surface area contributed by atoms with Crippen molar-refractivity contribution in [2.75, 3.05) is 6.26 Å². The van der Waals surface area contributed by atoms with E-state index in [4.69, 9.17) is 0 Å². The molecule has 0 amide bonds. The van der Waals surface area contributed by atoms with Crippen LogP contribution in [0.4, 0.5) is 0 Å². The summed E-state index contributed by atoms with van der Waals surface area (Å²) in [6.45, 7) is 0. The molecule has 0 unspecified atom stereocenters. The van der Waals surface area contributed by atoms with E-state index in [0.717, 1.165) is 4.47 Å². The van der Waals surface area contributed by atoms with Crippen LogP contribution in [0.5, 0.6) is 0 Å². The average Bonchev–Trinajstić information content (AvgIpc) is 1.88. The molecule has 3 heteroatoms. The highest BCUT2D eigenvalue weighted by molar-refractivity contribution is 14.1. The van der Waals surface area contributed by atoms with Crippen LogP contribution < -0.4 is 0 Å². The van der Waals surface area contributed by atoms with Crippen molar-refractivity contribution in [2.24, 2.45) is 0 Å². The van der Waals surface area contributed by atoms with Crippen molar-refractivity contribution in [1.29, 1.82) is 0 Å². The normalized spacial score (nSPS) is 9.90. The molecule has 0 N–H and O–H groups in total. The fourth-order valence-electron chi connectivity index (χ4n) is 0.641. The number of hydrogen-bond donors (Lipinski definition) is 0. The molecule has 0 fully saturated rings.